The Labute approximate surface area is 174 Å². The van der Waals surface area contributed by atoms with Crippen LogP contribution in [0.4, 0.5) is 10.8 Å². The number of nitro groups is 1. The molecular formula is C19H15ClN4O4S. The fourth-order valence-electron chi connectivity index (χ4n) is 3.15. The minimum absolute atomic E-state index is 0.00762. The van der Waals surface area contributed by atoms with Crippen LogP contribution in [0.3, 0.4) is 0 Å². The van der Waals surface area contributed by atoms with Gasteiger partial charge in [-0.3, -0.25) is 24.6 Å². The maximum Gasteiger partial charge on any atom is 0.270 e. The van der Waals surface area contributed by atoms with Gasteiger partial charge in [0, 0.05) is 25.1 Å². The summed E-state index contributed by atoms with van der Waals surface area (Å²) < 4.78 is 0.887. The van der Waals surface area contributed by atoms with Crippen molar-refractivity contribution in [2.45, 2.75) is 12.8 Å². The minimum atomic E-state index is -0.584. The Hall–Kier alpha value is -3.04. The van der Waals surface area contributed by atoms with E-state index in [0.29, 0.717) is 18.1 Å². The summed E-state index contributed by atoms with van der Waals surface area (Å²) in [5.41, 5.74) is 0.481. The number of benzene rings is 2. The standard InChI is InChI=1S/C19H15ClN4O4S/c20-14-8-7-12(24(27)28)10-13(14)18(26)23(11-22-9-3-6-17(22)25)19-21-15-4-1-2-5-16(15)29-19/h1-2,4-5,7-8,10H,3,6,9,11H2. The van der Waals surface area contributed by atoms with Crippen molar-refractivity contribution in [3.63, 3.8) is 0 Å². The molecule has 0 radical (unpaired) electrons. The molecule has 0 atom stereocenters. The molecule has 0 unspecified atom stereocenters. The Morgan fingerprint density at radius 2 is 2.10 bits per heavy atom. The van der Waals surface area contributed by atoms with E-state index in [1.165, 1.54) is 28.4 Å². The monoisotopic (exact) mass is 430 g/mol. The predicted molar refractivity (Wildman–Crippen MR) is 110 cm³/mol. The van der Waals surface area contributed by atoms with E-state index in [0.717, 1.165) is 22.7 Å². The summed E-state index contributed by atoms with van der Waals surface area (Å²) in [5.74, 6) is -0.591. The molecule has 1 aromatic heterocycles. The zero-order valence-corrected chi connectivity index (χ0v) is 16.7. The number of thiazole rings is 1. The topological polar surface area (TPSA) is 96.7 Å². The van der Waals surface area contributed by atoms with E-state index in [1.807, 2.05) is 24.3 Å². The van der Waals surface area contributed by atoms with Gasteiger partial charge in [-0.05, 0) is 24.6 Å². The number of nitro benzene ring substituents is 1. The highest BCUT2D eigenvalue weighted by atomic mass is 35.5. The van der Waals surface area contributed by atoms with Crippen molar-refractivity contribution in [1.82, 2.24) is 9.88 Å². The lowest BCUT2D eigenvalue weighted by atomic mass is 10.2. The Bertz CT molecular complexity index is 1100. The van der Waals surface area contributed by atoms with Gasteiger partial charge in [0.15, 0.2) is 5.13 Å². The lowest BCUT2D eigenvalue weighted by Gasteiger charge is -2.26. The highest BCUT2D eigenvalue weighted by molar-refractivity contribution is 7.22. The second-order valence-corrected chi connectivity index (χ2v) is 7.94. The van der Waals surface area contributed by atoms with E-state index in [9.17, 15) is 19.7 Å². The van der Waals surface area contributed by atoms with Crippen LogP contribution in [0, 0.1) is 10.1 Å². The molecule has 1 aliphatic heterocycles. The van der Waals surface area contributed by atoms with Crippen LogP contribution in [0.2, 0.25) is 5.02 Å². The summed E-state index contributed by atoms with van der Waals surface area (Å²) in [5, 5.41) is 11.6. The number of aromatic nitrogens is 1. The molecule has 2 aromatic carbocycles. The molecule has 0 aliphatic carbocycles. The third-order valence-electron chi connectivity index (χ3n) is 4.63. The molecule has 0 N–H and O–H groups in total. The average Bonchev–Trinajstić information content (AvgIpc) is 3.31. The lowest BCUT2D eigenvalue weighted by molar-refractivity contribution is -0.384. The molecule has 29 heavy (non-hydrogen) atoms. The van der Waals surface area contributed by atoms with Gasteiger partial charge in [-0.1, -0.05) is 35.1 Å². The molecule has 0 spiro atoms. The number of hydrogen-bond acceptors (Lipinski definition) is 6. The molecular weight excluding hydrogens is 416 g/mol. The number of halogens is 1. The number of para-hydroxylation sites is 1. The van der Waals surface area contributed by atoms with Crippen LogP contribution in [-0.4, -0.2) is 39.8 Å². The Morgan fingerprint density at radius 3 is 2.79 bits per heavy atom. The quantitative estimate of drug-likeness (QED) is 0.448. The summed E-state index contributed by atoms with van der Waals surface area (Å²) in [4.78, 5) is 43.5. The molecule has 8 nitrogen and oxygen atoms in total. The number of nitrogens with zero attached hydrogens (tertiary/aromatic N) is 4. The first-order valence-corrected chi connectivity index (χ1v) is 10.0. The SMILES string of the molecule is O=C1CCCN1CN(C(=O)c1cc([N+](=O)[O-])ccc1Cl)c1nc2ccccc2s1. The maximum atomic E-state index is 13.4. The van der Waals surface area contributed by atoms with Crippen molar-refractivity contribution in [3.8, 4) is 0 Å². The molecule has 3 aromatic rings. The van der Waals surface area contributed by atoms with E-state index in [-0.39, 0.29) is 28.8 Å². The molecule has 10 heteroatoms. The number of fused-ring (bicyclic) bond motifs is 1. The van der Waals surface area contributed by atoms with Gasteiger partial charge in [0.25, 0.3) is 11.6 Å². The van der Waals surface area contributed by atoms with Crippen molar-refractivity contribution < 1.29 is 14.5 Å². The van der Waals surface area contributed by atoms with Gasteiger partial charge < -0.3 is 4.90 Å². The summed E-state index contributed by atoms with van der Waals surface area (Å²) in [6, 6.07) is 11.2. The normalized spacial score (nSPS) is 13.8. The zero-order chi connectivity index (χ0) is 20.5. The highest BCUT2D eigenvalue weighted by Gasteiger charge is 2.30. The summed E-state index contributed by atoms with van der Waals surface area (Å²) in [6.07, 6.45) is 1.15. The first-order chi connectivity index (χ1) is 13.9. The zero-order valence-electron chi connectivity index (χ0n) is 15.1. The van der Waals surface area contributed by atoms with E-state index in [1.54, 1.807) is 4.90 Å². The number of hydrogen-bond donors (Lipinski definition) is 0. The van der Waals surface area contributed by atoms with Gasteiger partial charge in [0.05, 0.1) is 25.7 Å². The summed E-state index contributed by atoms with van der Waals surface area (Å²) in [7, 11) is 0. The molecule has 4 rings (SSSR count). The van der Waals surface area contributed by atoms with Crippen LogP contribution in [0.1, 0.15) is 23.2 Å². The molecule has 148 valence electrons. The lowest BCUT2D eigenvalue weighted by Crippen LogP contribution is -2.42. The van der Waals surface area contributed by atoms with Gasteiger partial charge in [-0.2, -0.15) is 0 Å². The molecule has 2 amide bonds. The van der Waals surface area contributed by atoms with Gasteiger partial charge in [0.1, 0.15) is 6.67 Å². The number of non-ortho nitro benzene ring substituents is 1. The number of carbonyl (C=O) groups is 2. The van der Waals surface area contributed by atoms with Crippen LogP contribution in [0.5, 0.6) is 0 Å². The van der Waals surface area contributed by atoms with Crippen molar-refractivity contribution in [2.75, 3.05) is 18.1 Å². The molecule has 1 fully saturated rings. The van der Waals surface area contributed by atoms with Crippen molar-refractivity contribution >= 4 is 55.8 Å². The average molecular weight is 431 g/mol. The van der Waals surface area contributed by atoms with Crippen molar-refractivity contribution in [1.29, 1.82) is 0 Å². The Morgan fingerprint density at radius 1 is 1.31 bits per heavy atom. The molecule has 0 saturated carbocycles. The number of carbonyl (C=O) groups excluding carboxylic acids is 2. The molecule has 0 bridgehead atoms. The fraction of sp³-hybridized carbons (Fsp3) is 0.211. The third-order valence-corrected chi connectivity index (χ3v) is 6.02. The van der Waals surface area contributed by atoms with Crippen LogP contribution in [0.25, 0.3) is 10.2 Å². The molecule has 2 heterocycles. The van der Waals surface area contributed by atoms with Gasteiger partial charge >= 0.3 is 0 Å². The Kier molecular flexibility index (Phi) is 5.16. The van der Waals surface area contributed by atoms with Gasteiger partial charge in [-0.25, -0.2) is 4.98 Å². The first-order valence-electron chi connectivity index (χ1n) is 8.83. The second kappa shape index (κ2) is 7.76. The van der Waals surface area contributed by atoms with Gasteiger partial charge in [-0.15, -0.1) is 0 Å². The molecule has 1 aliphatic rings. The summed E-state index contributed by atoms with van der Waals surface area (Å²) in [6.45, 7) is 0.548. The van der Waals surface area contributed by atoms with E-state index in [2.05, 4.69) is 4.98 Å². The molecule has 1 saturated heterocycles. The van der Waals surface area contributed by atoms with Crippen LogP contribution >= 0.6 is 22.9 Å². The summed E-state index contributed by atoms with van der Waals surface area (Å²) >= 11 is 7.49. The number of likely N-dealkylation sites (tertiary alicyclic amines) is 1. The number of amides is 2. The van der Waals surface area contributed by atoms with Crippen LogP contribution in [0.15, 0.2) is 42.5 Å². The number of anilines is 1. The van der Waals surface area contributed by atoms with Gasteiger partial charge in [0.2, 0.25) is 5.91 Å². The predicted octanol–water partition coefficient (Wildman–Crippen LogP) is 4.08. The largest absolute Gasteiger partial charge is 0.324 e. The van der Waals surface area contributed by atoms with Crippen LogP contribution in [-0.2, 0) is 4.79 Å². The maximum absolute atomic E-state index is 13.4. The Balaban J connectivity index is 1.77. The smallest absolute Gasteiger partial charge is 0.270 e. The minimum Gasteiger partial charge on any atom is -0.324 e. The highest BCUT2D eigenvalue weighted by Crippen LogP contribution is 2.32. The number of rotatable bonds is 5. The van der Waals surface area contributed by atoms with E-state index in [4.69, 9.17) is 11.6 Å². The van der Waals surface area contributed by atoms with Crippen molar-refractivity contribution in [3.05, 3.63) is 63.2 Å². The first kappa shape index (κ1) is 19.3. The fourth-order valence-corrected chi connectivity index (χ4v) is 4.30. The third kappa shape index (κ3) is 3.79. The van der Waals surface area contributed by atoms with Crippen molar-refractivity contribution in [2.24, 2.45) is 0 Å². The van der Waals surface area contributed by atoms with E-state index >= 15 is 0 Å². The second-order valence-electron chi connectivity index (χ2n) is 6.52. The van der Waals surface area contributed by atoms with E-state index < -0.39 is 10.8 Å². The van der Waals surface area contributed by atoms with Crippen LogP contribution < -0.4 is 4.90 Å².